The molecular formula is C8H8BrNOSe. The zero-order valence-corrected chi connectivity index (χ0v) is 9.53. The molecule has 1 rings (SSSR count). The van der Waals surface area contributed by atoms with Crippen LogP contribution in [0.2, 0.25) is 0 Å². The van der Waals surface area contributed by atoms with E-state index in [9.17, 15) is 4.79 Å². The van der Waals surface area contributed by atoms with Gasteiger partial charge in [0.2, 0.25) is 0 Å². The summed E-state index contributed by atoms with van der Waals surface area (Å²) in [7, 11) is 0. The third kappa shape index (κ3) is 2.97. The average Bonchev–Trinajstić information content (AvgIpc) is 2.06. The second kappa shape index (κ2) is 4.65. The Morgan fingerprint density at radius 2 is 2.00 bits per heavy atom. The molecule has 1 aromatic rings. The van der Waals surface area contributed by atoms with Crippen molar-refractivity contribution in [3.8, 4) is 0 Å². The van der Waals surface area contributed by atoms with Crippen molar-refractivity contribution in [3.05, 3.63) is 30.3 Å². The molecule has 0 aliphatic carbocycles. The van der Waals surface area contributed by atoms with Crippen LogP contribution in [-0.2, 0) is 4.79 Å². The molecule has 0 bridgehead atoms. The molecule has 0 aromatic heterocycles. The van der Waals surface area contributed by atoms with Crippen molar-refractivity contribution in [1.29, 1.82) is 0 Å². The van der Waals surface area contributed by atoms with E-state index in [0.717, 1.165) is 0 Å². The molecule has 1 amide bonds. The monoisotopic (exact) mass is 293 g/mol. The van der Waals surface area contributed by atoms with E-state index in [4.69, 9.17) is 5.73 Å². The Hall–Kier alpha value is -0.311. The first kappa shape index (κ1) is 9.78. The van der Waals surface area contributed by atoms with Gasteiger partial charge in [0, 0.05) is 0 Å². The van der Waals surface area contributed by atoms with Gasteiger partial charge in [-0.3, -0.25) is 0 Å². The summed E-state index contributed by atoms with van der Waals surface area (Å²) >= 11 is 3.32. The third-order valence-electron chi connectivity index (χ3n) is 1.21. The molecule has 1 aromatic carbocycles. The standard InChI is InChI=1S/C8H8BrNOSe/c9-7(8(10)11)12-6-4-2-1-3-5-6/h1-5,7H,(H2,10,11). The Labute approximate surface area is 85.8 Å². The third-order valence-corrected chi connectivity index (χ3v) is 4.69. The van der Waals surface area contributed by atoms with Gasteiger partial charge in [-0.15, -0.1) is 0 Å². The second-order valence-electron chi connectivity index (χ2n) is 2.15. The molecule has 0 aliphatic rings. The maximum atomic E-state index is 10.7. The fourth-order valence-electron chi connectivity index (χ4n) is 0.677. The zero-order valence-electron chi connectivity index (χ0n) is 6.24. The molecule has 0 saturated heterocycles. The summed E-state index contributed by atoms with van der Waals surface area (Å²) in [5, 5.41) is 0. The summed E-state index contributed by atoms with van der Waals surface area (Å²) < 4.78 is 0.970. The quantitative estimate of drug-likeness (QED) is 0.629. The van der Waals surface area contributed by atoms with E-state index < -0.39 is 0 Å². The number of benzene rings is 1. The van der Waals surface area contributed by atoms with E-state index in [-0.39, 0.29) is 24.6 Å². The fourth-order valence-corrected chi connectivity index (χ4v) is 3.20. The number of primary amides is 1. The van der Waals surface area contributed by atoms with Crippen LogP contribution >= 0.6 is 15.9 Å². The number of hydrogen-bond donors (Lipinski definition) is 1. The van der Waals surface area contributed by atoms with Crippen LogP contribution in [0.15, 0.2) is 30.3 Å². The summed E-state index contributed by atoms with van der Waals surface area (Å²) in [6, 6.07) is 9.86. The summed E-state index contributed by atoms with van der Waals surface area (Å²) in [5.41, 5.74) is 5.11. The predicted molar refractivity (Wildman–Crippen MR) is 53.7 cm³/mol. The number of nitrogens with two attached hydrogens (primary N) is 1. The van der Waals surface area contributed by atoms with Crippen molar-refractivity contribution < 1.29 is 4.79 Å². The molecule has 0 aliphatic heterocycles. The minimum absolute atomic E-state index is 0.0904. The van der Waals surface area contributed by atoms with Crippen LogP contribution in [0, 0.1) is 0 Å². The van der Waals surface area contributed by atoms with Crippen LogP contribution in [0.1, 0.15) is 0 Å². The molecule has 0 spiro atoms. The first-order chi connectivity index (χ1) is 5.70. The normalized spacial score (nSPS) is 12.4. The molecule has 0 heterocycles. The Bertz CT molecular complexity index is 265. The molecule has 0 saturated carbocycles. The summed E-state index contributed by atoms with van der Waals surface area (Å²) in [6.07, 6.45) is 0. The SMILES string of the molecule is NC(=O)C(Br)[Se]c1ccccc1. The van der Waals surface area contributed by atoms with Gasteiger partial charge in [-0.1, -0.05) is 0 Å². The number of alkyl halides is 1. The minimum atomic E-state index is -0.293. The van der Waals surface area contributed by atoms with E-state index in [1.165, 1.54) is 4.46 Å². The van der Waals surface area contributed by atoms with Gasteiger partial charge in [0.25, 0.3) is 0 Å². The van der Waals surface area contributed by atoms with E-state index in [1.54, 1.807) is 0 Å². The molecule has 4 heteroatoms. The van der Waals surface area contributed by atoms with Crippen molar-refractivity contribution in [2.24, 2.45) is 5.73 Å². The van der Waals surface area contributed by atoms with Crippen molar-refractivity contribution >= 4 is 41.3 Å². The number of carbonyl (C=O) groups is 1. The molecular weight excluding hydrogens is 285 g/mol. The number of halogens is 1. The Kier molecular flexibility index (Phi) is 3.79. The van der Waals surface area contributed by atoms with E-state index in [2.05, 4.69) is 15.9 Å². The summed E-state index contributed by atoms with van der Waals surface area (Å²) in [6.45, 7) is 0. The zero-order chi connectivity index (χ0) is 8.97. The van der Waals surface area contributed by atoms with Crippen LogP contribution in [-0.4, -0.2) is 24.6 Å². The first-order valence-corrected chi connectivity index (χ1v) is 6.11. The van der Waals surface area contributed by atoms with E-state index >= 15 is 0 Å². The summed E-state index contributed by atoms with van der Waals surface area (Å²) in [5.74, 6) is -0.293. The van der Waals surface area contributed by atoms with Crippen molar-refractivity contribution in [1.82, 2.24) is 0 Å². The van der Waals surface area contributed by atoms with Gasteiger partial charge in [0.15, 0.2) is 0 Å². The maximum absolute atomic E-state index is 10.7. The van der Waals surface area contributed by atoms with Crippen molar-refractivity contribution in [2.75, 3.05) is 0 Å². The van der Waals surface area contributed by atoms with Crippen molar-refractivity contribution in [3.63, 3.8) is 0 Å². The van der Waals surface area contributed by atoms with Crippen LogP contribution < -0.4 is 10.2 Å². The van der Waals surface area contributed by atoms with Gasteiger partial charge < -0.3 is 0 Å². The van der Waals surface area contributed by atoms with Gasteiger partial charge >= 0.3 is 85.8 Å². The van der Waals surface area contributed by atoms with E-state index in [0.29, 0.717) is 0 Å². The number of carbonyl (C=O) groups excluding carboxylic acids is 1. The molecule has 1 atom stereocenters. The van der Waals surface area contributed by atoms with Crippen LogP contribution in [0.5, 0.6) is 0 Å². The number of amides is 1. The predicted octanol–water partition coefficient (Wildman–Crippen LogP) is 0.222. The van der Waals surface area contributed by atoms with Crippen molar-refractivity contribution in [2.45, 2.75) is 3.73 Å². The van der Waals surface area contributed by atoms with E-state index in [1.807, 2.05) is 30.3 Å². The molecule has 0 radical (unpaired) electrons. The van der Waals surface area contributed by atoms with Gasteiger partial charge in [-0.2, -0.15) is 0 Å². The molecule has 64 valence electrons. The Morgan fingerprint density at radius 1 is 1.42 bits per heavy atom. The number of rotatable bonds is 3. The molecule has 2 N–H and O–H groups in total. The van der Waals surface area contributed by atoms with Gasteiger partial charge in [0.1, 0.15) is 0 Å². The van der Waals surface area contributed by atoms with Crippen LogP contribution in [0.4, 0.5) is 0 Å². The van der Waals surface area contributed by atoms with Gasteiger partial charge in [0.05, 0.1) is 0 Å². The van der Waals surface area contributed by atoms with Crippen LogP contribution in [0.3, 0.4) is 0 Å². The summed E-state index contributed by atoms with van der Waals surface area (Å²) in [4.78, 5) is 10.7. The number of hydrogen-bond acceptors (Lipinski definition) is 1. The average molecular weight is 293 g/mol. The molecule has 1 unspecified atom stereocenters. The Morgan fingerprint density at radius 3 is 2.50 bits per heavy atom. The van der Waals surface area contributed by atoms with Gasteiger partial charge in [-0.05, 0) is 0 Å². The second-order valence-corrected chi connectivity index (χ2v) is 6.90. The van der Waals surface area contributed by atoms with Gasteiger partial charge in [-0.25, -0.2) is 0 Å². The topological polar surface area (TPSA) is 43.1 Å². The fraction of sp³-hybridized carbons (Fsp3) is 0.125. The first-order valence-electron chi connectivity index (χ1n) is 3.35. The van der Waals surface area contributed by atoms with Crippen LogP contribution in [0.25, 0.3) is 0 Å². The molecule has 2 nitrogen and oxygen atoms in total. The Balaban J connectivity index is 2.58. The molecule has 12 heavy (non-hydrogen) atoms. The molecule has 0 fully saturated rings.